The molecule has 8 aliphatic carbocycles. The first-order valence-electron chi connectivity index (χ1n) is 37.6. The lowest BCUT2D eigenvalue weighted by molar-refractivity contribution is -0.0658. The van der Waals surface area contributed by atoms with Gasteiger partial charge in [-0.1, -0.05) is 164 Å². The Balaban J connectivity index is 0.000000127. The average Bonchev–Trinajstić information content (AvgIpc) is 1.56. The van der Waals surface area contributed by atoms with Gasteiger partial charge in [0.2, 0.25) is 0 Å². The van der Waals surface area contributed by atoms with Crippen LogP contribution in [-0.2, 0) is 69.5 Å². The van der Waals surface area contributed by atoms with E-state index in [2.05, 4.69) is 124 Å². The van der Waals surface area contributed by atoms with E-state index in [9.17, 15) is 54.3 Å². The molecule has 4 heterocycles. The minimum Gasteiger partial charge on any atom is -0.450 e. The highest BCUT2D eigenvalue weighted by atomic mass is 19.3. The van der Waals surface area contributed by atoms with Gasteiger partial charge in [-0.05, 0) is 157 Å². The largest absolute Gasteiger partial charge is 0.450 e. The molecule has 0 radical (unpaired) electrons. The predicted molar refractivity (Wildman–Crippen MR) is 387 cm³/mol. The van der Waals surface area contributed by atoms with Crippen LogP contribution >= 0.6 is 0 Å². The van der Waals surface area contributed by atoms with Crippen molar-refractivity contribution in [2.75, 3.05) is 0 Å². The van der Waals surface area contributed by atoms with E-state index < -0.39 is 94.8 Å². The van der Waals surface area contributed by atoms with Gasteiger partial charge in [-0.3, -0.25) is 18.7 Å². The van der Waals surface area contributed by atoms with Gasteiger partial charge in [0.05, 0.1) is 0 Å². The number of hydrogen-bond acceptors (Lipinski definition) is 12. The van der Waals surface area contributed by atoms with Crippen LogP contribution in [0.2, 0.25) is 0 Å². The Hall–Kier alpha value is -8.96. The van der Waals surface area contributed by atoms with E-state index in [1.54, 1.807) is 0 Å². The van der Waals surface area contributed by atoms with Gasteiger partial charge in [0.1, 0.15) is 67.4 Å². The molecule has 0 aliphatic heterocycles. The van der Waals surface area contributed by atoms with Crippen LogP contribution in [0.3, 0.4) is 0 Å². The number of hydrogen-bond donors (Lipinski definition) is 0. The maximum atomic E-state index is 13.3. The summed E-state index contributed by atoms with van der Waals surface area (Å²) in [6.45, 7) is 21.2. The van der Waals surface area contributed by atoms with Crippen molar-refractivity contribution in [3.05, 3.63) is 210 Å². The number of fused-ring (bicyclic) bond motifs is 20. The molecule has 0 saturated heterocycles. The van der Waals surface area contributed by atoms with Crippen LogP contribution in [0.25, 0.3) is 0 Å². The third-order valence-corrected chi connectivity index (χ3v) is 24.3. The summed E-state index contributed by atoms with van der Waals surface area (Å²) in [6, 6.07) is 28.8. The second-order valence-corrected chi connectivity index (χ2v) is 33.1. The van der Waals surface area contributed by atoms with Crippen LogP contribution in [0.1, 0.15) is 302 Å². The van der Waals surface area contributed by atoms with E-state index >= 15 is 0 Å². The Morgan fingerprint density at radius 3 is 0.963 bits per heavy atom. The van der Waals surface area contributed by atoms with E-state index in [1.807, 2.05) is 50.2 Å². The third-order valence-electron chi connectivity index (χ3n) is 24.3. The molecule has 16 rings (SSSR count). The van der Waals surface area contributed by atoms with Crippen LogP contribution < -0.4 is 0 Å². The van der Waals surface area contributed by atoms with Crippen molar-refractivity contribution >= 4 is 23.9 Å². The maximum absolute atomic E-state index is 13.3. The van der Waals surface area contributed by atoms with Crippen LogP contribution in [0.4, 0.5) is 35.1 Å². The molecule has 4 saturated carbocycles. The molecule has 0 amide bonds. The quantitative estimate of drug-likeness (QED) is 0.0509. The van der Waals surface area contributed by atoms with Crippen molar-refractivity contribution in [1.82, 2.24) is 39.1 Å². The van der Waals surface area contributed by atoms with Crippen LogP contribution in [0, 0.1) is 48.3 Å². The summed E-state index contributed by atoms with van der Waals surface area (Å²) in [6.07, 6.45) is 4.59. The van der Waals surface area contributed by atoms with Crippen molar-refractivity contribution < 1.29 is 73.2 Å². The fourth-order valence-corrected chi connectivity index (χ4v) is 21.0. The first-order chi connectivity index (χ1) is 51.0. The SMILES string of the molecule is CCCC1C2CCC1(OC(=O)c1cn(C)nc1C(F)F)c1cc(C)ccc12.CCCC1C2CCC1(OC(=O)c1cn(C)nc1C(F)F)c1cc(C)ccc12.Cn1cc(C(=O)OC23CCC(c4ccccc42)C3C(C)(C)C)c(C(F)F)n1.Cn1cc(C(=O)OC23CCC(c4ccccc42)C3C(C)(C)C)c(C(F)F)n1. The number of carbonyl (C=O) groups excluding carboxylic acids is 4. The van der Waals surface area contributed by atoms with Crippen molar-refractivity contribution in [2.24, 2.45) is 62.7 Å². The molecule has 0 spiro atoms. The molecule has 4 aromatic heterocycles. The average molecular weight is 1500 g/mol. The number of nitrogens with zero attached hydrogens (tertiary/aromatic N) is 8. The molecule has 576 valence electrons. The monoisotopic (exact) mass is 1500 g/mol. The highest BCUT2D eigenvalue weighted by Gasteiger charge is 2.66. The molecule has 4 fully saturated rings. The number of ether oxygens (including phenoxy) is 4. The van der Waals surface area contributed by atoms with Crippen molar-refractivity contribution in [2.45, 2.75) is 218 Å². The lowest BCUT2D eigenvalue weighted by Gasteiger charge is -2.39. The highest BCUT2D eigenvalue weighted by Crippen LogP contribution is 2.69. The minimum atomic E-state index is -2.82. The number of esters is 4. The highest BCUT2D eigenvalue weighted by molar-refractivity contribution is 5.93. The summed E-state index contributed by atoms with van der Waals surface area (Å²) in [7, 11) is 6.10. The second kappa shape index (κ2) is 28.8. The zero-order chi connectivity index (χ0) is 77.8. The van der Waals surface area contributed by atoms with E-state index in [0.717, 1.165) is 97.6 Å². The normalized spacial score (nSPS) is 26.2. The molecule has 16 nitrogen and oxygen atoms in total. The van der Waals surface area contributed by atoms with E-state index in [1.165, 1.54) is 94.0 Å². The van der Waals surface area contributed by atoms with Gasteiger partial charge < -0.3 is 18.9 Å². The van der Waals surface area contributed by atoms with Crippen molar-refractivity contribution in [1.29, 1.82) is 0 Å². The molecule has 24 heteroatoms. The molecular formula is C84H96F8N8O8. The summed E-state index contributed by atoms with van der Waals surface area (Å²) in [5.74, 6) is -0.830. The summed E-state index contributed by atoms with van der Waals surface area (Å²) < 4.78 is 136. The lowest BCUT2D eigenvalue weighted by atomic mass is 9.71. The first-order valence-corrected chi connectivity index (χ1v) is 37.6. The van der Waals surface area contributed by atoms with Crippen molar-refractivity contribution in [3.8, 4) is 0 Å². The van der Waals surface area contributed by atoms with Crippen LogP contribution in [-0.4, -0.2) is 63.0 Å². The van der Waals surface area contributed by atoms with Gasteiger partial charge >= 0.3 is 23.9 Å². The predicted octanol–water partition coefficient (Wildman–Crippen LogP) is 20.0. The van der Waals surface area contributed by atoms with Crippen LogP contribution in [0.15, 0.2) is 110 Å². The molecule has 8 aromatic rings. The summed E-state index contributed by atoms with van der Waals surface area (Å²) in [5.41, 5.74) is 5.53. The summed E-state index contributed by atoms with van der Waals surface area (Å²) >= 11 is 0. The molecule has 12 unspecified atom stereocenters. The fourth-order valence-electron chi connectivity index (χ4n) is 21.0. The third kappa shape index (κ3) is 13.1. The Labute approximate surface area is 624 Å². The van der Waals surface area contributed by atoms with Gasteiger partial charge in [0.15, 0.2) is 0 Å². The van der Waals surface area contributed by atoms with E-state index in [-0.39, 0.29) is 56.8 Å². The zero-order valence-corrected chi connectivity index (χ0v) is 63.7. The van der Waals surface area contributed by atoms with Gasteiger partial charge in [-0.25, -0.2) is 54.3 Å². The Bertz CT molecular complexity index is 4460. The summed E-state index contributed by atoms with van der Waals surface area (Å²) in [5, 5.41) is 15.0. The van der Waals surface area contributed by atoms with Gasteiger partial charge in [-0.2, -0.15) is 20.4 Å². The zero-order valence-electron chi connectivity index (χ0n) is 63.7. The van der Waals surface area contributed by atoms with E-state index in [4.69, 9.17) is 18.9 Å². The molecule has 4 aromatic carbocycles. The molecule has 8 bridgehead atoms. The Kier molecular flexibility index (Phi) is 20.6. The van der Waals surface area contributed by atoms with Crippen molar-refractivity contribution in [3.63, 3.8) is 0 Å². The number of benzene rings is 4. The molecule has 0 N–H and O–H groups in total. The lowest BCUT2D eigenvalue weighted by Crippen LogP contribution is -2.40. The number of halogens is 8. The number of alkyl halides is 8. The maximum Gasteiger partial charge on any atom is 0.342 e. The van der Waals surface area contributed by atoms with Gasteiger partial charge in [-0.15, -0.1) is 0 Å². The van der Waals surface area contributed by atoms with Gasteiger partial charge in [0, 0.05) is 76.6 Å². The summed E-state index contributed by atoms with van der Waals surface area (Å²) in [4.78, 5) is 51.9. The molecule has 8 aliphatic rings. The molecule has 108 heavy (non-hydrogen) atoms. The Morgan fingerprint density at radius 1 is 0.407 bits per heavy atom. The number of carbonyl (C=O) groups is 4. The first kappa shape index (κ1) is 77.2. The number of aromatic nitrogens is 8. The standard InChI is InChI=1S/4C21H24F2N2O2/c2*1-20(2,3)17-13-9-10-21(17,15-8-6-5-7-12(13)15)27-19(26)14-11-25(4)24-16(14)18(22)23;2*1-4-5-16-14-8-9-21(16,17-10-12(2)6-7-13(14)17)27-20(26)15-11-25(3)24-18(15)19(22)23/h2*5-8,11,13,17-18H,9-10H2,1-4H3;2*6-7,10-11,14,16,19H,4-5,8-9H2,1-3H3. The van der Waals surface area contributed by atoms with Crippen LogP contribution in [0.5, 0.6) is 0 Å². The minimum absolute atomic E-state index is 0.0963. The Morgan fingerprint density at radius 2 is 0.676 bits per heavy atom. The smallest absolute Gasteiger partial charge is 0.342 e. The number of rotatable bonds is 16. The topological polar surface area (TPSA) is 176 Å². The second-order valence-electron chi connectivity index (χ2n) is 33.1. The molecule has 12 atom stereocenters. The molecular weight excluding hydrogens is 1400 g/mol. The fraction of sp³-hybridized carbons (Fsp3) is 0.524. The number of aryl methyl sites for hydroxylation is 6. The van der Waals surface area contributed by atoms with Gasteiger partial charge in [0.25, 0.3) is 25.7 Å². The van der Waals surface area contributed by atoms with E-state index in [0.29, 0.717) is 36.5 Å².